The van der Waals surface area contributed by atoms with Gasteiger partial charge in [0.2, 0.25) is 5.91 Å². The van der Waals surface area contributed by atoms with Gasteiger partial charge in [-0.25, -0.2) is 0 Å². The van der Waals surface area contributed by atoms with Gasteiger partial charge < -0.3 is 15.1 Å². The number of nitrogens with zero attached hydrogens (tertiary/aromatic N) is 3. The Labute approximate surface area is 168 Å². The van der Waals surface area contributed by atoms with E-state index < -0.39 is 0 Å². The van der Waals surface area contributed by atoms with E-state index in [1.54, 1.807) is 12.1 Å². The number of hydrogen-bond acceptors (Lipinski definition) is 5. The van der Waals surface area contributed by atoms with Crippen LogP contribution in [0.4, 0.5) is 11.4 Å². The topological polar surface area (TPSA) is 78.7 Å². The number of anilines is 1. The SMILES string of the molecule is CC.CC(C)N(C)CCCNC(=O)C1C2CN(c3ccc([N+](=O)[O-])cc3)C[C@@H]21. The highest BCUT2D eigenvalue weighted by molar-refractivity contribution is 5.83. The van der Waals surface area contributed by atoms with Crippen molar-refractivity contribution in [1.82, 2.24) is 10.2 Å². The lowest BCUT2D eigenvalue weighted by Gasteiger charge is -2.22. The molecule has 1 saturated carbocycles. The zero-order valence-electron chi connectivity index (χ0n) is 17.7. The maximum absolute atomic E-state index is 12.3. The van der Waals surface area contributed by atoms with Crippen LogP contribution in [-0.4, -0.2) is 55.0 Å². The van der Waals surface area contributed by atoms with E-state index in [1.807, 2.05) is 13.8 Å². The molecule has 0 aromatic heterocycles. The molecule has 3 rings (SSSR count). The molecule has 0 bridgehead atoms. The Morgan fingerprint density at radius 3 is 2.32 bits per heavy atom. The summed E-state index contributed by atoms with van der Waals surface area (Å²) in [5.74, 6) is 1.18. The van der Waals surface area contributed by atoms with E-state index in [2.05, 4.69) is 36.0 Å². The summed E-state index contributed by atoms with van der Waals surface area (Å²) in [6, 6.07) is 7.20. The lowest BCUT2D eigenvalue weighted by Crippen LogP contribution is -2.34. The van der Waals surface area contributed by atoms with E-state index in [0.29, 0.717) is 17.9 Å². The van der Waals surface area contributed by atoms with E-state index >= 15 is 0 Å². The number of piperidine rings is 1. The average molecular weight is 391 g/mol. The number of nitro benzene ring substituents is 1. The van der Waals surface area contributed by atoms with E-state index in [9.17, 15) is 14.9 Å². The number of hydrogen-bond donors (Lipinski definition) is 1. The lowest BCUT2D eigenvalue weighted by atomic mass is 10.2. The largest absolute Gasteiger partial charge is 0.371 e. The van der Waals surface area contributed by atoms with Gasteiger partial charge in [-0.15, -0.1) is 0 Å². The highest BCUT2D eigenvalue weighted by Gasteiger charge is 2.59. The van der Waals surface area contributed by atoms with Gasteiger partial charge in [0.05, 0.1) is 4.92 Å². The predicted octanol–water partition coefficient (Wildman–Crippen LogP) is 3.15. The van der Waals surface area contributed by atoms with Crippen LogP contribution in [0.5, 0.6) is 0 Å². The summed E-state index contributed by atoms with van der Waals surface area (Å²) in [4.78, 5) is 27.2. The highest BCUT2D eigenvalue weighted by Crippen LogP contribution is 2.52. The van der Waals surface area contributed by atoms with E-state index in [0.717, 1.165) is 38.3 Å². The molecule has 7 heteroatoms. The van der Waals surface area contributed by atoms with Crippen molar-refractivity contribution >= 4 is 17.3 Å². The second-order valence-electron chi connectivity index (χ2n) is 7.75. The van der Waals surface area contributed by atoms with Gasteiger partial charge in [0, 0.05) is 49.4 Å². The Morgan fingerprint density at radius 2 is 1.82 bits per heavy atom. The maximum Gasteiger partial charge on any atom is 0.269 e. The smallest absolute Gasteiger partial charge is 0.269 e. The third-order valence-electron chi connectivity index (χ3n) is 5.79. The number of nitrogens with one attached hydrogen (secondary N) is 1. The van der Waals surface area contributed by atoms with Crippen LogP contribution < -0.4 is 10.2 Å². The Morgan fingerprint density at radius 1 is 1.25 bits per heavy atom. The van der Waals surface area contributed by atoms with Crippen molar-refractivity contribution in [2.45, 2.75) is 40.2 Å². The molecule has 1 amide bonds. The fourth-order valence-corrected chi connectivity index (χ4v) is 3.83. The zero-order valence-corrected chi connectivity index (χ0v) is 17.7. The fraction of sp³-hybridized carbons (Fsp3) is 0.667. The second-order valence-corrected chi connectivity index (χ2v) is 7.75. The first-order valence-corrected chi connectivity index (χ1v) is 10.4. The zero-order chi connectivity index (χ0) is 20.8. The van der Waals surface area contributed by atoms with Gasteiger partial charge in [0.15, 0.2) is 0 Å². The molecule has 2 fully saturated rings. The summed E-state index contributed by atoms with van der Waals surface area (Å²) in [7, 11) is 2.10. The molecule has 1 aromatic rings. The Bertz CT molecular complexity index is 650. The van der Waals surface area contributed by atoms with Crippen LogP contribution in [-0.2, 0) is 4.79 Å². The van der Waals surface area contributed by atoms with Crippen LogP contribution in [0.25, 0.3) is 0 Å². The number of nitro groups is 1. The van der Waals surface area contributed by atoms with E-state index in [4.69, 9.17) is 0 Å². The lowest BCUT2D eigenvalue weighted by molar-refractivity contribution is -0.384. The minimum Gasteiger partial charge on any atom is -0.371 e. The summed E-state index contributed by atoms with van der Waals surface area (Å²) >= 11 is 0. The van der Waals surface area contributed by atoms with E-state index in [-0.39, 0.29) is 22.4 Å². The van der Waals surface area contributed by atoms with Gasteiger partial charge in [0.1, 0.15) is 0 Å². The molecule has 2 aliphatic rings. The number of carbonyl (C=O) groups excluding carboxylic acids is 1. The van der Waals surface area contributed by atoms with Crippen LogP contribution in [0, 0.1) is 27.9 Å². The summed E-state index contributed by atoms with van der Waals surface area (Å²) in [5, 5.41) is 13.8. The van der Waals surface area contributed by atoms with Gasteiger partial charge >= 0.3 is 0 Å². The van der Waals surface area contributed by atoms with Crippen molar-refractivity contribution in [1.29, 1.82) is 0 Å². The molecule has 156 valence electrons. The molecule has 3 atom stereocenters. The molecule has 28 heavy (non-hydrogen) atoms. The molecule has 0 radical (unpaired) electrons. The minimum absolute atomic E-state index is 0.110. The maximum atomic E-state index is 12.3. The molecule has 2 unspecified atom stereocenters. The van der Waals surface area contributed by atoms with Crippen LogP contribution in [0.15, 0.2) is 24.3 Å². The van der Waals surface area contributed by atoms with E-state index in [1.165, 1.54) is 12.1 Å². The molecule has 1 aliphatic heterocycles. The highest BCUT2D eigenvalue weighted by atomic mass is 16.6. The van der Waals surface area contributed by atoms with Crippen molar-refractivity contribution < 1.29 is 9.72 Å². The van der Waals surface area contributed by atoms with Crippen molar-refractivity contribution in [3.8, 4) is 0 Å². The van der Waals surface area contributed by atoms with Crippen LogP contribution in [0.1, 0.15) is 34.1 Å². The number of amides is 1. The molecule has 7 nitrogen and oxygen atoms in total. The third-order valence-corrected chi connectivity index (χ3v) is 5.79. The van der Waals surface area contributed by atoms with Crippen LogP contribution in [0.2, 0.25) is 0 Å². The summed E-state index contributed by atoms with van der Waals surface area (Å²) in [5.41, 5.74) is 1.11. The first kappa shape index (κ1) is 22.1. The van der Waals surface area contributed by atoms with Crippen molar-refractivity contribution in [2.75, 3.05) is 38.1 Å². The third kappa shape index (κ3) is 5.22. The van der Waals surface area contributed by atoms with Crippen LogP contribution in [0.3, 0.4) is 0 Å². The van der Waals surface area contributed by atoms with Gasteiger partial charge in [-0.1, -0.05) is 13.8 Å². The standard InChI is InChI=1S/C19H28N4O3.C2H6/c1-13(2)21(3)10-4-9-20-19(24)18-16-11-22(12-17(16)18)14-5-7-15(8-6-14)23(25)26;1-2/h5-8,13,16-18H,4,9-12H2,1-3H3,(H,20,24);1-2H3/t16-,17?,18?;/m0./s1. The molecular formula is C21H34N4O3. The molecule has 1 saturated heterocycles. The monoisotopic (exact) mass is 390 g/mol. The van der Waals surface area contributed by atoms with Gasteiger partial charge in [-0.2, -0.15) is 0 Å². The van der Waals surface area contributed by atoms with Crippen LogP contribution >= 0.6 is 0 Å². The quantitative estimate of drug-likeness (QED) is 0.419. The average Bonchev–Trinajstić information content (AvgIpc) is 3.20. The van der Waals surface area contributed by atoms with Crippen molar-refractivity contribution in [3.05, 3.63) is 34.4 Å². The van der Waals surface area contributed by atoms with Gasteiger partial charge in [-0.3, -0.25) is 14.9 Å². The number of rotatable bonds is 8. The summed E-state index contributed by atoms with van der Waals surface area (Å²) in [6.07, 6.45) is 0.970. The summed E-state index contributed by atoms with van der Waals surface area (Å²) < 4.78 is 0. The normalized spacial score (nSPS) is 22.5. The molecule has 1 heterocycles. The molecule has 1 aromatic carbocycles. The van der Waals surface area contributed by atoms with Crippen molar-refractivity contribution in [2.24, 2.45) is 17.8 Å². The number of non-ortho nitro benzene ring substituents is 1. The minimum atomic E-state index is -0.384. The van der Waals surface area contributed by atoms with Gasteiger partial charge in [-0.05, 0) is 57.8 Å². The predicted molar refractivity (Wildman–Crippen MR) is 113 cm³/mol. The molecular weight excluding hydrogens is 356 g/mol. The first-order valence-electron chi connectivity index (χ1n) is 10.4. The Balaban J connectivity index is 0.00000136. The molecule has 1 N–H and O–H groups in total. The number of benzene rings is 1. The summed E-state index contributed by atoms with van der Waals surface area (Å²) in [6.45, 7) is 11.8. The molecule has 0 spiro atoms. The number of fused-ring (bicyclic) bond motifs is 1. The second kappa shape index (κ2) is 9.87. The Hall–Kier alpha value is -2.15. The first-order chi connectivity index (χ1) is 13.4. The molecule has 1 aliphatic carbocycles. The fourth-order valence-electron chi connectivity index (χ4n) is 3.83. The number of carbonyl (C=O) groups is 1. The Kier molecular flexibility index (Phi) is 7.80. The van der Waals surface area contributed by atoms with Crippen molar-refractivity contribution in [3.63, 3.8) is 0 Å². The van der Waals surface area contributed by atoms with Gasteiger partial charge in [0.25, 0.3) is 5.69 Å².